The van der Waals surface area contributed by atoms with Gasteiger partial charge < -0.3 is 4.90 Å². The molecule has 1 saturated heterocycles. The highest BCUT2D eigenvalue weighted by Crippen LogP contribution is 2.27. The zero-order chi connectivity index (χ0) is 9.97. The number of nitrogens with zero attached hydrogens (tertiary/aromatic N) is 3. The van der Waals surface area contributed by atoms with Crippen molar-refractivity contribution in [1.82, 2.24) is 10.2 Å². The summed E-state index contributed by atoms with van der Waals surface area (Å²) >= 11 is 5.19. The van der Waals surface area contributed by atoms with Crippen LogP contribution >= 0.6 is 27.3 Å². The van der Waals surface area contributed by atoms with E-state index < -0.39 is 0 Å². The molecule has 0 spiro atoms. The van der Waals surface area contributed by atoms with E-state index in [0.29, 0.717) is 0 Å². The Kier molecular flexibility index (Phi) is 3.38. The third-order valence-electron chi connectivity index (χ3n) is 2.59. The molecule has 0 amide bonds. The second kappa shape index (κ2) is 4.57. The SMILES string of the molecule is Cc1nnc(N2CCC(CCBr)C2)s1. The number of alkyl halides is 1. The van der Waals surface area contributed by atoms with Crippen LogP contribution in [0.15, 0.2) is 0 Å². The van der Waals surface area contributed by atoms with E-state index in [2.05, 4.69) is 31.0 Å². The lowest BCUT2D eigenvalue weighted by molar-refractivity contribution is 0.575. The number of aryl methyl sites for hydroxylation is 1. The van der Waals surface area contributed by atoms with Gasteiger partial charge in [-0.2, -0.15) is 0 Å². The van der Waals surface area contributed by atoms with E-state index >= 15 is 0 Å². The third kappa shape index (κ3) is 2.25. The van der Waals surface area contributed by atoms with E-state index in [0.717, 1.165) is 34.5 Å². The Morgan fingerprint density at radius 2 is 2.43 bits per heavy atom. The first-order chi connectivity index (χ1) is 6.79. The first kappa shape index (κ1) is 10.4. The van der Waals surface area contributed by atoms with E-state index in [-0.39, 0.29) is 0 Å². The molecule has 0 bridgehead atoms. The fourth-order valence-corrected chi connectivity index (χ4v) is 3.18. The van der Waals surface area contributed by atoms with Gasteiger partial charge in [-0.1, -0.05) is 27.3 Å². The average Bonchev–Trinajstić information content (AvgIpc) is 2.74. The van der Waals surface area contributed by atoms with Gasteiger partial charge in [-0.3, -0.25) is 0 Å². The number of aromatic nitrogens is 2. The fourth-order valence-electron chi connectivity index (χ4n) is 1.81. The second-order valence-electron chi connectivity index (χ2n) is 3.68. The molecular formula is C9H14BrN3S. The third-order valence-corrected chi connectivity index (χ3v) is 3.95. The van der Waals surface area contributed by atoms with E-state index in [1.807, 2.05) is 6.92 Å². The minimum absolute atomic E-state index is 0.832. The Morgan fingerprint density at radius 3 is 3.07 bits per heavy atom. The molecule has 1 aromatic rings. The number of halogens is 1. The monoisotopic (exact) mass is 275 g/mol. The molecule has 0 N–H and O–H groups in total. The van der Waals surface area contributed by atoms with Crippen LogP contribution in [0, 0.1) is 12.8 Å². The van der Waals surface area contributed by atoms with E-state index in [1.54, 1.807) is 11.3 Å². The number of hydrogen-bond donors (Lipinski definition) is 0. The van der Waals surface area contributed by atoms with Crippen molar-refractivity contribution in [3.63, 3.8) is 0 Å². The van der Waals surface area contributed by atoms with Crippen LogP contribution in [0.2, 0.25) is 0 Å². The lowest BCUT2D eigenvalue weighted by Gasteiger charge is -2.13. The lowest BCUT2D eigenvalue weighted by Crippen LogP contribution is -2.19. The topological polar surface area (TPSA) is 29.0 Å². The lowest BCUT2D eigenvalue weighted by atomic mass is 10.1. The van der Waals surface area contributed by atoms with Gasteiger partial charge in [0.2, 0.25) is 5.13 Å². The van der Waals surface area contributed by atoms with Gasteiger partial charge in [0.15, 0.2) is 0 Å². The Morgan fingerprint density at radius 1 is 1.57 bits per heavy atom. The Labute approximate surface area is 96.7 Å². The van der Waals surface area contributed by atoms with Crippen LogP contribution in [0.25, 0.3) is 0 Å². The molecule has 2 heterocycles. The molecule has 3 nitrogen and oxygen atoms in total. The maximum Gasteiger partial charge on any atom is 0.208 e. The molecule has 0 aliphatic carbocycles. The first-order valence-electron chi connectivity index (χ1n) is 4.90. The standard InChI is InChI=1S/C9H14BrN3S/c1-7-11-12-9(14-7)13-5-3-8(6-13)2-4-10/h8H,2-6H2,1H3. The normalized spacial score (nSPS) is 21.9. The van der Waals surface area contributed by atoms with Gasteiger partial charge in [0.1, 0.15) is 5.01 Å². The zero-order valence-electron chi connectivity index (χ0n) is 8.24. The van der Waals surface area contributed by atoms with Crippen LogP contribution in [0.5, 0.6) is 0 Å². The fraction of sp³-hybridized carbons (Fsp3) is 0.778. The number of anilines is 1. The number of hydrogen-bond acceptors (Lipinski definition) is 4. The van der Waals surface area contributed by atoms with E-state index in [9.17, 15) is 0 Å². The summed E-state index contributed by atoms with van der Waals surface area (Å²) in [6, 6.07) is 0. The van der Waals surface area contributed by atoms with Crippen LogP contribution in [0.3, 0.4) is 0 Å². The maximum absolute atomic E-state index is 4.18. The summed E-state index contributed by atoms with van der Waals surface area (Å²) in [7, 11) is 0. The Bertz CT molecular complexity index is 302. The summed E-state index contributed by atoms with van der Waals surface area (Å²) in [4.78, 5) is 2.36. The van der Waals surface area contributed by atoms with Crippen molar-refractivity contribution in [2.24, 2.45) is 5.92 Å². The molecule has 1 aromatic heterocycles. The van der Waals surface area contributed by atoms with Crippen molar-refractivity contribution in [2.75, 3.05) is 23.3 Å². The minimum atomic E-state index is 0.832. The van der Waals surface area contributed by atoms with E-state index in [1.165, 1.54) is 12.8 Å². The van der Waals surface area contributed by atoms with E-state index in [4.69, 9.17) is 0 Å². The van der Waals surface area contributed by atoms with Crippen molar-refractivity contribution in [1.29, 1.82) is 0 Å². The summed E-state index contributed by atoms with van der Waals surface area (Å²) in [6.07, 6.45) is 2.57. The predicted octanol–water partition coefficient (Wildman–Crippen LogP) is 2.46. The highest BCUT2D eigenvalue weighted by atomic mass is 79.9. The van der Waals surface area contributed by atoms with Gasteiger partial charge in [0.25, 0.3) is 0 Å². The van der Waals surface area contributed by atoms with Crippen LogP contribution in [-0.2, 0) is 0 Å². The van der Waals surface area contributed by atoms with Crippen molar-refractivity contribution in [3.05, 3.63) is 5.01 Å². The molecule has 78 valence electrons. The molecule has 1 aliphatic rings. The van der Waals surface area contributed by atoms with Crippen molar-refractivity contribution < 1.29 is 0 Å². The van der Waals surface area contributed by atoms with Gasteiger partial charge in [-0.15, -0.1) is 10.2 Å². The molecule has 14 heavy (non-hydrogen) atoms. The summed E-state index contributed by atoms with van der Waals surface area (Å²) in [5, 5.41) is 11.5. The van der Waals surface area contributed by atoms with Gasteiger partial charge in [0.05, 0.1) is 0 Å². The molecule has 2 rings (SSSR count). The van der Waals surface area contributed by atoms with Crippen LogP contribution in [0.4, 0.5) is 5.13 Å². The molecule has 0 aromatic carbocycles. The highest BCUT2D eigenvalue weighted by Gasteiger charge is 2.23. The quantitative estimate of drug-likeness (QED) is 0.794. The molecule has 1 atom stereocenters. The predicted molar refractivity (Wildman–Crippen MR) is 63.4 cm³/mol. The summed E-state index contributed by atoms with van der Waals surface area (Å²) in [5.74, 6) is 0.832. The molecular weight excluding hydrogens is 262 g/mol. The van der Waals surface area contributed by atoms with Crippen molar-refractivity contribution >= 4 is 32.4 Å². The van der Waals surface area contributed by atoms with Crippen molar-refractivity contribution in [2.45, 2.75) is 19.8 Å². The summed E-state index contributed by atoms with van der Waals surface area (Å²) in [5.41, 5.74) is 0. The van der Waals surface area contributed by atoms with Crippen LogP contribution in [-0.4, -0.2) is 28.6 Å². The second-order valence-corrected chi connectivity index (χ2v) is 5.64. The van der Waals surface area contributed by atoms with Gasteiger partial charge in [0, 0.05) is 18.4 Å². The van der Waals surface area contributed by atoms with Crippen LogP contribution < -0.4 is 4.90 Å². The summed E-state index contributed by atoms with van der Waals surface area (Å²) < 4.78 is 0. The Balaban J connectivity index is 1.95. The molecule has 1 unspecified atom stereocenters. The molecule has 1 fully saturated rings. The maximum atomic E-state index is 4.18. The van der Waals surface area contributed by atoms with Gasteiger partial charge in [-0.05, 0) is 25.7 Å². The smallest absolute Gasteiger partial charge is 0.208 e. The number of rotatable bonds is 3. The molecule has 0 saturated carbocycles. The van der Waals surface area contributed by atoms with Crippen molar-refractivity contribution in [3.8, 4) is 0 Å². The zero-order valence-corrected chi connectivity index (χ0v) is 10.6. The highest BCUT2D eigenvalue weighted by molar-refractivity contribution is 9.09. The largest absolute Gasteiger partial charge is 0.346 e. The molecule has 5 heteroatoms. The van der Waals surface area contributed by atoms with Gasteiger partial charge in [-0.25, -0.2) is 0 Å². The molecule has 0 radical (unpaired) electrons. The average molecular weight is 276 g/mol. The Hall–Kier alpha value is -0.160. The minimum Gasteiger partial charge on any atom is -0.346 e. The summed E-state index contributed by atoms with van der Waals surface area (Å²) in [6.45, 7) is 4.31. The van der Waals surface area contributed by atoms with Gasteiger partial charge >= 0.3 is 0 Å². The molecule has 1 aliphatic heterocycles. The first-order valence-corrected chi connectivity index (χ1v) is 6.84. The van der Waals surface area contributed by atoms with Crippen LogP contribution in [0.1, 0.15) is 17.8 Å².